The number of aliphatic imine (C=N–C) groups is 1. The Labute approximate surface area is 143 Å². The summed E-state index contributed by atoms with van der Waals surface area (Å²) in [7, 11) is 5.85. The second-order valence-corrected chi connectivity index (χ2v) is 5.91. The van der Waals surface area contributed by atoms with E-state index in [4.69, 9.17) is 11.6 Å². The van der Waals surface area contributed by atoms with Crippen LogP contribution in [0.15, 0.2) is 53.5 Å². The van der Waals surface area contributed by atoms with E-state index in [-0.39, 0.29) is 0 Å². The van der Waals surface area contributed by atoms with Gasteiger partial charge in [0, 0.05) is 44.9 Å². The lowest BCUT2D eigenvalue weighted by Crippen LogP contribution is -2.36. The predicted octanol–water partition coefficient (Wildman–Crippen LogP) is 3.27. The van der Waals surface area contributed by atoms with E-state index in [2.05, 4.69) is 44.8 Å². The van der Waals surface area contributed by atoms with Crippen molar-refractivity contribution in [1.82, 2.24) is 10.6 Å². The van der Waals surface area contributed by atoms with Crippen LogP contribution in [0.5, 0.6) is 0 Å². The first-order valence-corrected chi connectivity index (χ1v) is 7.91. The molecule has 0 bridgehead atoms. The molecule has 2 rings (SSSR count). The quantitative estimate of drug-likeness (QED) is 0.653. The van der Waals surface area contributed by atoms with Crippen LogP contribution in [0, 0.1) is 0 Å². The van der Waals surface area contributed by atoms with E-state index in [1.54, 1.807) is 7.05 Å². The number of hydrogen-bond donors (Lipinski definition) is 2. The minimum absolute atomic E-state index is 0.703. The van der Waals surface area contributed by atoms with Gasteiger partial charge in [0.25, 0.3) is 0 Å². The Morgan fingerprint density at radius 2 is 1.65 bits per heavy atom. The monoisotopic (exact) mass is 330 g/mol. The summed E-state index contributed by atoms with van der Waals surface area (Å²) in [6.07, 6.45) is 0. The van der Waals surface area contributed by atoms with E-state index in [1.807, 2.05) is 38.4 Å². The fourth-order valence-electron chi connectivity index (χ4n) is 2.14. The van der Waals surface area contributed by atoms with Gasteiger partial charge in [0.2, 0.25) is 0 Å². The molecule has 2 aromatic carbocycles. The molecule has 2 N–H and O–H groups in total. The summed E-state index contributed by atoms with van der Waals surface area (Å²) in [5.41, 5.74) is 3.56. The van der Waals surface area contributed by atoms with Crippen molar-refractivity contribution in [2.45, 2.75) is 13.1 Å². The summed E-state index contributed by atoms with van der Waals surface area (Å²) in [4.78, 5) is 6.35. The van der Waals surface area contributed by atoms with E-state index in [9.17, 15) is 0 Å². The lowest BCUT2D eigenvalue weighted by Gasteiger charge is -2.15. The number of guanidine groups is 1. The van der Waals surface area contributed by atoms with Gasteiger partial charge in [0.1, 0.15) is 0 Å². The first kappa shape index (κ1) is 17.2. The molecule has 0 unspecified atom stereocenters. The molecular formula is C18H23ClN4. The van der Waals surface area contributed by atoms with Gasteiger partial charge in [-0.1, -0.05) is 35.9 Å². The van der Waals surface area contributed by atoms with Crippen molar-refractivity contribution in [1.29, 1.82) is 0 Å². The number of nitrogens with zero attached hydrogens (tertiary/aromatic N) is 2. The highest BCUT2D eigenvalue weighted by molar-refractivity contribution is 6.30. The largest absolute Gasteiger partial charge is 0.378 e. The van der Waals surface area contributed by atoms with E-state index in [0.29, 0.717) is 6.54 Å². The van der Waals surface area contributed by atoms with Crippen LogP contribution in [0.4, 0.5) is 5.69 Å². The van der Waals surface area contributed by atoms with Gasteiger partial charge in [-0.3, -0.25) is 4.99 Å². The van der Waals surface area contributed by atoms with E-state index in [1.165, 1.54) is 11.3 Å². The molecule has 0 spiro atoms. The number of benzene rings is 2. The molecule has 122 valence electrons. The molecule has 2 aromatic rings. The molecule has 0 amide bonds. The molecule has 0 heterocycles. The second kappa shape index (κ2) is 8.44. The van der Waals surface area contributed by atoms with E-state index >= 15 is 0 Å². The highest BCUT2D eigenvalue weighted by Crippen LogP contribution is 2.13. The van der Waals surface area contributed by atoms with Crippen LogP contribution < -0.4 is 15.5 Å². The van der Waals surface area contributed by atoms with Gasteiger partial charge < -0.3 is 15.5 Å². The molecule has 0 aliphatic rings. The first-order valence-electron chi connectivity index (χ1n) is 7.53. The molecular weight excluding hydrogens is 308 g/mol. The van der Waals surface area contributed by atoms with Gasteiger partial charge >= 0.3 is 0 Å². The fourth-order valence-corrected chi connectivity index (χ4v) is 2.27. The van der Waals surface area contributed by atoms with Gasteiger partial charge in [-0.2, -0.15) is 0 Å². The molecule has 0 saturated heterocycles. The van der Waals surface area contributed by atoms with Crippen LogP contribution in [0.1, 0.15) is 11.1 Å². The zero-order chi connectivity index (χ0) is 16.7. The molecule has 0 atom stereocenters. The van der Waals surface area contributed by atoms with Gasteiger partial charge in [-0.25, -0.2) is 0 Å². The number of rotatable bonds is 5. The Balaban J connectivity index is 1.87. The number of hydrogen-bond acceptors (Lipinski definition) is 2. The zero-order valence-corrected chi connectivity index (χ0v) is 14.6. The van der Waals surface area contributed by atoms with Crippen LogP contribution >= 0.6 is 11.6 Å². The fraction of sp³-hybridized carbons (Fsp3) is 0.278. The minimum Gasteiger partial charge on any atom is -0.378 e. The Morgan fingerprint density at radius 1 is 1.00 bits per heavy atom. The van der Waals surface area contributed by atoms with E-state index < -0.39 is 0 Å². The molecule has 23 heavy (non-hydrogen) atoms. The van der Waals surface area contributed by atoms with Crippen LogP contribution in [0.2, 0.25) is 5.02 Å². The Hall–Kier alpha value is -2.20. The van der Waals surface area contributed by atoms with Gasteiger partial charge in [-0.05, 0) is 35.4 Å². The molecule has 4 nitrogen and oxygen atoms in total. The van der Waals surface area contributed by atoms with Crippen molar-refractivity contribution in [3.63, 3.8) is 0 Å². The first-order chi connectivity index (χ1) is 11.1. The summed E-state index contributed by atoms with van der Waals surface area (Å²) < 4.78 is 0. The summed E-state index contributed by atoms with van der Waals surface area (Å²) in [5.74, 6) is 0.773. The Kier molecular flexibility index (Phi) is 6.29. The molecule has 0 aliphatic carbocycles. The van der Waals surface area contributed by atoms with Crippen LogP contribution in [0.25, 0.3) is 0 Å². The van der Waals surface area contributed by atoms with Gasteiger partial charge in [0.15, 0.2) is 5.96 Å². The third-order valence-corrected chi connectivity index (χ3v) is 3.74. The average molecular weight is 331 g/mol. The summed E-state index contributed by atoms with van der Waals surface area (Å²) >= 11 is 5.89. The number of anilines is 1. The number of halogens is 1. The standard InChI is InChI=1S/C18H23ClN4/c1-20-18(21-12-14-7-9-16(19)10-8-14)22-13-15-5-4-6-17(11-15)23(2)3/h4-11H,12-13H2,1-3H3,(H2,20,21,22). The third-order valence-electron chi connectivity index (χ3n) is 3.48. The maximum absolute atomic E-state index is 5.89. The highest BCUT2D eigenvalue weighted by Gasteiger charge is 2.01. The SMILES string of the molecule is CN=C(NCc1ccc(Cl)cc1)NCc1cccc(N(C)C)c1. The van der Waals surface area contributed by atoms with Crippen LogP contribution in [0.3, 0.4) is 0 Å². The van der Waals surface area contributed by atoms with Crippen molar-refractivity contribution in [2.24, 2.45) is 4.99 Å². The predicted molar refractivity (Wildman–Crippen MR) is 99.3 cm³/mol. The lowest BCUT2D eigenvalue weighted by molar-refractivity contribution is 0.809. The maximum atomic E-state index is 5.89. The summed E-state index contributed by atoms with van der Waals surface area (Å²) in [5, 5.41) is 7.37. The molecule has 0 aliphatic heterocycles. The summed E-state index contributed by atoms with van der Waals surface area (Å²) in [6.45, 7) is 1.43. The molecule has 0 fully saturated rings. The Bertz CT molecular complexity index is 650. The van der Waals surface area contributed by atoms with E-state index in [0.717, 1.165) is 23.1 Å². The zero-order valence-electron chi connectivity index (χ0n) is 13.8. The van der Waals surface area contributed by atoms with Crippen molar-refractivity contribution in [2.75, 3.05) is 26.0 Å². The molecule has 0 aromatic heterocycles. The van der Waals surface area contributed by atoms with Crippen molar-refractivity contribution in [3.05, 3.63) is 64.7 Å². The topological polar surface area (TPSA) is 39.7 Å². The normalized spacial score (nSPS) is 11.2. The number of nitrogens with one attached hydrogen (secondary N) is 2. The summed E-state index contributed by atoms with van der Waals surface area (Å²) in [6, 6.07) is 16.2. The second-order valence-electron chi connectivity index (χ2n) is 5.47. The Morgan fingerprint density at radius 3 is 2.26 bits per heavy atom. The van der Waals surface area contributed by atoms with Crippen molar-refractivity contribution in [3.8, 4) is 0 Å². The smallest absolute Gasteiger partial charge is 0.191 e. The molecule has 5 heteroatoms. The third kappa shape index (κ3) is 5.49. The van der Waals surface area contributed by atoms with Crippen molar-refractivity contribution >= 4 is 23.2 Å². The molecule has 0 saturated carbocycles. The minimum atomic E-state index is 0.703. The van der Waals surface area contributed by atoms with Gasteiger partial charge in [0.05, 0.1) is 0 Å². The maximum Gasteiger partial charge on any atom is 0.191 e. The molecule has 0 radical (unpaired) electrons. The van der Waals surface area contributed by atoms with Crippen LogP contribution in [-0.4, -0.2) is 27.1 Å². The highest BCUT2D eigenvalue weighted by atomic mass is 35.5. The lowest BCUT2D eigenvalue weighted by atomic mass is 10.2. The average Bonchev–Trinajstić information content (AvgIpc) is 2.57. The van der Waals surface area contributed by atoms with Crippen molar-refractivity contribution < 1.29 is 0 Å². The van der Waals surface area contributed by atoms with Crippen LogP contribution in [-0.2, 0) is 13.1 Å². The van der Waals surface area contributed by atoms with Gasteiger partial charge in [-0.15, -0.1) is 0 Å².